The smallest absolute Gasteiger partial charge is 0.250 e. The van der Waals surface area contributed by atoms with E-state index in [-0.39, 0.29) is 5.91 Å². The third kappa shape index (κ3) is 1.19. The Kier molecular flexibility index (Phi) is 1.77. The predicted molar refractivity (Wildman–Crippen MR) is 52.9 cm³/mol. The van der Waals surface area contributed by atoms with Crippen LogP contribution in [0.15, 0.2) is 18.5 Å². The number of hydrogen-bond donors (Lipinski definition) is 1. The van der Waals surface area contributed by atoms with Crippen LogP contribution < -0.4 is 5.73 Å². The molecule has 4 heteroatoms. The van der Waals surface area contributed by atoms with Crippen molar-refractivity contribution >= 4 is 27.3 Å². The molecule has 0 aliphatic heterocycles. The summed E-state index contributed by atoms with van der Waals surface area (Å²) in [6.45, 7) is 1.89. The lowest BCUT2D eigenvalue weighted by Gasteiger charge is -1.92. The van der Waals surface area contributed by atoms with Crippen LogP contribution in [0.2, 0.25) is 0 Å². The molecule has 2 aromatic heterocycles. The van der Waals surface area contributed by atoms with E-state index in [1.165, 1.54) is 0 Å². The van der Waals surface area contributed by atoms with Crippen LogP contribution in [0.1, 0.15) is 15.2 Å². The summed E-state index contributed by atoms with van der Waals surface area (Å²) in [6.07, 6.45) is 3.42. The van der Waals surface area contributed by atoms with Crippen LogP contribution in [-0.2, 0) is 0 Å². The van der Waals surface area contributed by atoms with Gasteiger partial charge in [0, 0.05) is 22.7 Å². The summed E-state index contributed by atoms with van der Waals surface area (Å²) in [7, 11) is 0. The van der Waals surface area contributed by atoms with Gasteiger partial charge in [0.2, 0.25) is 5.91 Å². The number of primary amides is 1. The van der Waals surface area contributed by atoms with Gasteiger partial charge in [-0.15, -0.1) is 11.3 Å². The average molecular weight is 192 g/mol. The van der Waals surface area contributed by atoms with E-state index < -0.39 is 0 Å². The molecule has 3 nitrogen and oxygen atoms in total. The van der Waals surface area contributed by atoms with Gasteiger partial charge in [0.25, 0.3) is 0 Å². The van der Waals surface area contributed by atoms with Crippen molar-refractivity contribution in [2.24, 2.45) is 5.73 Å². The number of nitrogens with zero attached hydrogens (tertiary/aromatic N) is 1. The van der Waals surface area contributed by atoms with Crippen molar-refractivity contribution in [2.75, 3.05) is 0 Å². The van der Waals surface area contributed by atoms with E-state index in [0.717, 1.165) is 15.0 Å². The molecule has 0 atom stereocenters. The fourth-order valence-corrected chi connectivity index (χ4v) is 2.42. The van der Waals surface area contributed by atoms with Gasteiger partial charge < -0.3 is 5.73 Å². The molecule has 0 unspecified atom stereocenters. The number of pyridine rings is 1. The molecule has 0 fully saturated rings. The largest absolute Gasteiger partial charge is 0.366 e. The molecular formula is C9H8N2OS. The normalized spacial score (nSPS) is 10.5. The summed E-state index contributed by atoms with van der Waals surface area (Å²) >= 11 is 1.54. The molecule has 0 bridgehead atoms. The number of carbonyl (C=O) groups is 1. The Balaban J connectivity index is 2.86. The van der Waals surface area contributed by atoms with Gasteiger partial charge in [0.15, 0.2) is 0 Å². The van der Waals surface area contributed by atoms with E-state index in [1.54, 1.807) is 23.7 Å². The van der Waals surface area contributed by atoms with Crippen LogP contribution in [0.3, 0.4) is 0 Å². The minimum absolute atomic E-state index is 0.366. The Hall–Kier alpha value is -1.42. The van der Waals surface area contributed by atoms with E-state index in [0.29, 0.717) is 5.56 Å². The lowest BCUT2D eigenvalue weighted by Crippen LogP contribution is -2.11. The summed E-state index contributed by atoms with van der Waals surface area (Å²) < 4.78 is 1.01. The number of aryl methyl sites for hydroxylation is 1. The van der Waals surface area contributed by atoms with E-state index in [2.05, 4.69) is 4.98 Å². The third-order valence-electron chi connectivity index (χ3n) is 1.92. The van der Waals surface area contributed by atoms with Crippen LogP contribution in [0, 0.1) is 6.92 Å². The second kappa shape index (κ2) is 2.81. The SMILES string of the molecule is Cc1sc2cnccc2c1C(N)=O. The van der Waals surface area contributed by atoms with Crippen LogP contribution >= 0.6 is 11.3 Å². The first-order chi connectivity index (χ1) is 6.20. The molecule has 0 aliphatic rings. The lowest BCUT2D eigenvalue weighted by molar-refractivity contribution is 0.100. The number of hydrogen-bond acceptors (Lipinski definition) is 3. The summed E-state index contributed by atoms with van der Waals surface area (Å²) in [6, 6.07) is 1.82. The Morgan fingerprint density at radius 3 is 3.08 bits per heavy atom. The first kappa shape index (κ1) is 8.19. The first-order valence-corrected chi connectivity index (χ1v) is 4.64. The quantitative estimate of drug-likeness (QED) is 0.747. The zero-order valence-corrected chi connectivity index (χ0v) is 7.89. The van der Waals surface area contributed by atoms with Crippen molar-refractivity contribution in [1.29, 1.82) is 0 Å². The molecule has 66 valence electrons. The lowest BCUT2D eigenvalue weighted by atomic mass is 10.1. The maximum Gasteiger partial charge on any atom is 0.250 e. The topological polar surface area (TPSA) is 56.0 Å². The molecule has 13 heavy (non-hydrogen) atoms. The summed E-state index contributed by atoms with van der Waals surface area (Å²) in [5, 5.41) is 0.907. The number of rotatable bonds is 1. The number of fused-ring (bicyclic) bond motifs is 1. The molecule has 0 saturated heterocycles. The van der Waals surface area contributed by atoms with E-state index in [4.69, 9.17) is 5.73 Å². The Labute approximate surface area is 79.2 Å². The molecule has 0 spiro atoms. The molecular weight excluding hydrogens is 184 g/mol. The second-order valence-corrected chi connectivity index (χ2v) is 4.03. The predicted octanol–water partition coefficient (Wildman–Crippen LogP) is 1.70. The Bertz CT molecular complexity index is 475. The fourth-order valence-electron chi connectivity index (χ4n) is 1.38. The monoisotopic (exact) mass is 192 g/mol. The highest BCUT2D eigenvalue weighted by atomic mass is 32.1. The summed E-state index contributed by atoms with van der Waals surface area (Å²) in [5.41, 5.74) is 5.90. The van der Waals surface area contributed by atoms with Gasteiger partial charge in [-0.2, -0.15) is 0 Å². The molecule has 0 saturated carbocycles. The minimum Gasteiger partial charge on any atom is -0.366 e. The zero-order valence-electron chi connectivity index (χ0n) is 7.07. The van der Waals surface area contributed by atoms with Crippen LogP contribution in [-0.4, -0.2) is 10.9 Å². The van der Waals surface area contributed by atoms with Gasteiger partial charge >= 0.3 is 0 Å². The molecule has 2 rings (SSSR count). The van der Waals surface area contributed by atoms with E-state index in [1.807, 2.05) is 13.0 Å². The highest BCUT2D eigenvalue weighted by Crippen LogP contribution is 2.29. The van der Waals surface area contributed by atoms with Crippen molar-refractivity contribution in [3.05, 3.63) is 28.9 Å². The van der Waals surface area contributed by atoms with Gasteiger partial charge in [-0.25, -0.2) is 0 Å². The van der Waals surface area contributed by atoms with Crippen molar-refractivity contribution in [1.82, 2.24) is 4.98 Å². The molecule has 2 heterocycles. The van der Waals surface area contributed by atoms with E-state index >= 15 is 0 Å². The molecule has 1 amide bonds. The van der Waals surface area contributed by atoms with Crippen LogP contribution in [0.5, 0.6) is 0 Å². The van der Waals surface area contributed by atoms with Gasteiger partial charge in [0.1, 0.15) is 0 Å². The van der Waals surface area contributed by atoms with E-state index in [9.17, 15) is 4.79 Å². The average Bonchev–Trinajstić information content (AvgIpc) is 2.39. The van der Waals surface area contributed by atoms with Gasteiger partial charge in [0.05, 0.1) is 10.3 Å². The van der Waals surface area contributed by atoms with Gasteiger partial charge in [-0.1, -0.05) is 0 Å². The second-order valence-electron chi connectivity index (χ2n) is 2.77. The van der Waals surface area contributed by atoms with Crippen molar-refractivity contribution in [3.8, 4) is 0 Å². The number of thiophene rings is 1. The molecule has 2 aromatic rings. The maximum atomic E-state index is 11.1. The van der Waals surface area contributed by atoms with Gasteiger partial charge in [-0.05, 0) is 13.0 Å². The molecule has 0 aliphatic carbocycles. The minimum atomic E-state index is -0.366. The highest BCUT2D eigenvalue weighted by Gasteiger charge is 2.12. The van der Waals surface area contributed by atoms with Crippen molar-refractivity contribution in [3.63, 3.8) is 0 Å². The number of aromatic nitrogens is 1. The number of nitrogens with two attached hydrogens (primary N) is 1. The maximum absolute atomic E-state index is 11.1. The van der Waals surface area contributed by atoms with Crippen molar-refractivity contribution in [2.45, 2.75) is 6.92 Å². The fraction of sp³-hybridized carbons (Fsp3) is 0.111. The third-order valence-corrected chi connectivity index (χ3v) is 2.97. The number of carbonyl (C=O) groups excluding carboxylic acids is 1. The molecule has 0 aromatic carbocycles. The standard InChI is InChI=1S/C9H8N2OS/c1-5-8(9(10)12)6-2-3-11-4-7(6)13-5/h2-4H,1H3,(H2,10,12). The Morgan fingerprint density at radius 1 is 1.62 bits per heavy atom. The van der Waals surface area contributed by atoms with Gasteiger partial charge in [-0.3, -0.25) is 9.78 Å². The number of amides is 1. The van der Waals surface area contributed by atoms with Crippen molar-refractivity contribution < 1.29 is 4.79 Å². The van der Waals surface area contributed by atoms with Crippen LogP contribution in [0.25, 0.3) is 10.1 Å². The summed E-state index contributed by atoms with van der Waals surface area (Å²) in [4.78, 5) is 16.0. The Morgan fingerprint density at radius 2 is 2.38 bits per heavy atom. The first-order valence-electron chi connectivity index (χ1n) is 3.83. The molecule has 2 N–H and O–H groups in total. The summed E-state index contributed by atoms with van der Waals surface area (Å²) in [5.74, 6) is -0.366. The highest BCUT2D eigenvalue weighted by molar-refractivity contribution is 7.19. The molecule has 0 radical (unpaired) electrons. The zero-order chi connectivity index (χ0) is 9.42. The van der Waals surface area contributed by atoms with Crippen LogP contribution in [0.4, 0.5) is 0 Å².